The quantitative estimate of drug-likeness (QED) is 0.690. The van der Waals surface area contributed by atoms with Crippen molar-refractivity contribution in [2.24, 2.45) is 0 Å². The summed E-state index contributed by atoms with van der Waals surface area (Å²) in [5.41, 5.74) is 3.38. The lowest BCUT2D eigenvalue weighted by molar-refractivity contribution is 0.312. The van der Waals surface area contributed by atoms with Crippen molar-refractivity contribution in [1.82, 2.24) is 9.97 Å². The van der Waals surface area contributed by atoms with E-state index in [0.29, 0.717) is 6.61 Å². The average molecular weight is 278 g/mol. The first-order valence-electron chi connectivity index (χ1n) is 7.18. The molecule has 0 bridgehead atoms. The van der Waals surface area contributed by atoms with E-state index in [9.17, 15) is 0 Å². The molecule has 0 unspecified atom stereocenters. The lowest BCUT2D eigenvalue weighted by atomic mass is 10.1. The van der Waals surface area contributed by atoms with Gasteiger partial charge in [-0.05, 0) is 30.5 Å². The van der Waals surface area contributed by atoms with Crippen LogP contribution in [0.4, 0.5) is 0 Å². The second-order valence-electron chi connectivity index (χ2n) is 4.90. The Kier molecular flexibility index (Phi) is 4.32. The molecule has 0 fully saturated rings. The lowest BCUT2D eigenvalue weighted by Crippen LogP contribution is -2.00. The third-order valence-electron chi connectivity index (χ3n) is 3.39. The molecule has 3 rings (SSSR count). The number of nitrogens with one attached hydrogen (secondary N) is 1. The molecular weight excluding hydrogens is 260 g/mol. The van der Waals surface area contributed by atoms with Crippen LogP contribution in [0.15, 0.2) is 67.1 Å². The molecule has 0 atom stereocenters. The van der Waals surface area contributed by atoms with Crippen LogP contribution in [0, 0.1) is 0 Å². The highest BCUT2D eigenvalue weighted by Crippen LogP contribution is 2.27. The van der Waals surface area contributed by atoms with Crippen LogP contribution in [0.5, 0.6) is 5.75 Å². The van der Waals surface area contributed by atoms with Crippen LogP contribution in [0.2, 0.25) is 0 Å². The first kappa shape index (κ1) is 13.4. The Balaban J connectivity index is 1.59. The largest absolute Gasteiger partial charge is 0.493 e. The van der Waals surface area contributed by atoms with E-state index in [1.807, 2.05) is 36.5 Å². The Morgan fingerprint density at radius 2 is 1.76 bits per heavy atom. The highest BCUT2D eigenvalue weighted by Gasteiger charge is 2.06. The molecule has 0 spiro atoms. The smallest absolute Gasteiger partial charge is 0.128 e. The number of imidazole rings is 1. The van der Waals surface area contributed by atoms with Gasteiger partial charge in [-0.15, -0.1) is 0 Å². The van der Waals surface area contributed by atoms with Crippen molar-refractivity contribution in [3.8, 4) is 17.0 Å². The number of rotatable bonds is 6. The highest BCUT2D eigenvalue weighted by atomic mass is 16.5. The molecular formula is C18H18N2O. The maximum absolute atomic E-state index is 5.93. The summed E-state index contributed by atoms with van der Waals surface area (Å²) >= 11 is 0. The summed E-state index contributed by atoms with van der Waals surface area (Å²) in [7, 11) is 0. The average Bonchev–Trinajstić information content (AvgIpc) is 3.07. The number of hydrogen-bond acceptors (Lipinski definition) is 2. The van der Waals surface area contributed by atoms with Crippen LogP contribution in [0.1, 0.15) is 12.0 Å². The zero-order valence-corrected chi connectivity index (χ0v) is 11.8. The van der Waals surface area contributed by atoms with Gasteiger partial charge in [-0.25, -0.2) is 4.98 Å². The van der Waals surface area contributed by atoms with E-state index < -0.39 is 0 Å². The Bertz CT molecular complexity index is 663. The predicted octanol–water partition coefficient (Wildman–Crippen LogP) is 4.09. The first-order valence-corrected chi connectivity index (χ1v) is 7.18. The molecule has 0 saturated heterocycles. The molecule has 0 aliphatic carbocycles. The summed E-state index contributed by atoms with van der Waals surface area (Å²) in [6, 6.07) is 18.5. The van der Waals surface area contributed by atoms with Crippen molar-refractivity contribution in [1.29, 1.82) is 0 Å². The second kappa shape index (κ2) is 6.75. The number of ether oxygens (including phenoxy) is 1. The van der Waals surface area contributed by atoms with Crippen molar-refractivity contribution in [3.05, 3.63) is 72.7 Å². The van der Waals surface area contributed by atoms with Gasteiger partial charge < -0.3 is 9.72 Å². The van der Waals surface area contributed by atoms with Crippen LogP contribution in [-0.2, 0) is 6.42 Å². The molecule has 3 heteroatoms. The molecule has 0 aliphatic heterocycles. The number of H-pyrrole nitrogens is 1. The summed E-state index contributed by atoms with van der Waals surface area (Å²) in [6.45, 7) is 0.708. The van der Waals surface area contributed by atoms with Crippen LogP contribution in [-0.4, -0.2) is 16.6 Å². The van der Waals surface area contributed by atoms with Gasteiger partial charge in [0.15, 0.2) is 0 Å². The fourth-order valence-electron chi connectivity index (χ4n) is 2.32. The van der Waals surface area contributed by atoms with E-state index in [0.717, 1.165) is 29.8 Å². The van der Waals surface area contributed by atoms with Crippen molar-refractivity contribution >= 4 is 0 Å². The monoisotopic (exact) mass is 278 g/mol. The van der Waals surface area contributed by atoms with Crippen LogP contribution in [0.25, 0.3) is 11.3 Å². The highest BCUT2D eigenvalue weighted by molar-refractivity contribution is 5.66. The number of aromatic nitrogens is 2. The normalized spacial score (nSPS) is 10.5. The lowest BCUT2D eigenvalue weighted by Gasteiger charge is -2.10. The molecule has 0 amide bonds. The van der Waals surface area contributed by atoms with Gasteiger partial charge in [0, 0.05) is 5.56 Å². The second-order valence-corrected chi connectivity index (χ2v) is 4.90. The van der Waals surface area contributed by atoms with Crippen molar-refractivity contribution < 1.29 is 4.74 Å². The number of hydrogen-bond donors (Lipinski definition) is 1. The summed E-state index contributed by atoms with van der Waals surface area (Å²) in [4.78, 5) is 7.18. The summed E-state index contributed by atoms with van der Waals surface area (Å²) < 4.78 is 5.93. The van der Waals surface area contributed by atoms with E-state index in [2.05, 4.69) is 34.2 Å². The predicted molar refractivity (Wildman–Crippen MR) is 84.3 cm³/mol. The minimum atomic E-state index is 0.708. The fourth-order valence-corrected chi connectivity index (χ4v) is 2.32. The zero-order valence-electron chi connectivity index (χ0n) is 11.8. The fraction of sp³-hybridized carbons (Fsp3) is 0.167. The molecule has 3 aromatic rings. The molecule has 2 aromatic carbocycles. The Morgan fingerprint density at radius 3 is 2.57 bits per heavy atom. The van der Waals surface area contributed by atoms with Crippen LogP contribution < -0.4 is 4.74 Å². The van der Waals surface area contributed by atoms with Gasteiger partial charge in [-0.1, -0.05) is 42.5 Å². The number of aromatic amines is 1. The number of para-hydroxylation sites is 1. The van der Waals surface area contributed by atoms with Crippen LogP contribution in [0.3, 0.4) is 0 Å². The number of aryl methyl sites for hydroxylation is 1. The molecule has 1 aromatic heterocycles. The Labute approximate surface area is 124 Å². The summed E-state index contributed by atoms with van der Waals surface area (Å²) in [5.74, 6) is 0.898. The SMILES string of the molecule is c1ccc(CCCOc2ccccc2-c2cnc[nH]2)cc1. The van der Waals surface area contributed by atoms with Crippen LogP contribution >= 0.6 is 0 Å². The number of nitrogens with zero attached hydrogens (tertiary/aromatic N) is 1. The molecule has 1 N–H and O–H groups in total. The molecule has 21 heavy (non-hydrogen) atoms. The molecule has 0 radical (unpaired) electrons. The van der Waals surface area contributed by atoms with Gasteiger partial charge in [0.1, 0.15) is 5.75 Å². The van der Waals surface area contributed by atoms with Crippen molar-refractivity contribution in [3.63, 3.8) is 0 Å². The van der Waals surface area contributed by atoms with Crippen molar-refractivity contribution in [2.45, 2.75) is 12.8 Å². The summed E-state index contributed by atoms with van der Waals surface area (Å²) in [5, 5.41) is 0. The van der Waals surface area contributed by atoms with E-state index >= 15 is 0 Å². The Morgan fingerprint density at radius 1 is 0.952 bits per heavy atom. The van der Waals surface area contributed by atoms with Gasteiger partial charge >= 0.3 is 0 Å². The maximum Gasteiger partial charge on any atom is 0.128 e. The van der Waals surface area contributed by atoms with E-state index in [-0.39, 0.29) is 0 Å². The van der Waals surface area contributed by atoms with Gasteiger partial charge in [0.25, 0.3) is 0 Å². The molecule has 106 valence electrons. The van der Waals surface area contributed by atoms with Gasteiger partial charge in [-0.2, -0.15) is 0 Å². The van der Waals surface area contributed by atoms with Gasteiger partial charge in [-0.3, -0.25) is 0 Å². The first-order chi connectivity index (χ1) is 10.4. The third-order valence-corrected chi connectivity index (χ3v) is 3.39. The van der Waals surface area contributed by atoms with Crippen molar-refractivity contribution in [2.75, 3.05) is 6.61 Å². The minimum absolute atomic E-state index is 0.708. The summed E-state index contributed by atoms with van der Waals surface area (Å²) in [6.07, 6.45) is 5.53. The minimum Gasteiger partial charge on any atom is -0.493 e. The molecule has 0 saturated carbocycles. The van der Waals surface area contributed by atoms with E-state index in [4.69, 9.17) is 4.74 Å². The van der Waals surface area contributed by atoms with Gasteiger partial charge in [0.2, 0.25) is 0 Å². The third kappa shape index (κ3) is 3.51. The topological polar surface area (TPSA) is 37.9 Å². The molecule has 0 aliphatic rings. The maximum atomic E-state index is 5.93. The Hall–Kier alpha value is -2.55. The van der Waals surface area contributed by atoms with E-state index in [1.54, 1.807) is 6.33 Å². The zero-order chi connectivity index (χ0) is 14.3. The number of benzene rings is 2. The van der Waals surface area contributed by atoms with Gasteiger partial charge in [0.05, 0.1) is 24.8 Å². The molecule has 1 heterocycles. The van der Waals surface area contributed by atoms with E-state index in [1.165, 1.54) is 5.56 Å². The molecule has 3 nitrogen and oxygen atoms in total. The standard InChI is InChI=1S/C18H18N2O/c1-2-7-15(8-3-1)9-6-12-21-18-11-5-4-10-16(18)17-13-19-14-20-17/h1-5,7-8,10-11,13-14H,6,9,12H2,(H,19,20).